The van der Waals surface area contributed by atoms with Crippen molar-refractivity contribution in [1.29, 1.82) is 0 Å². The van der Waals surface area contributed by atoms with E-state index in [1.165, 1.54) is 10.4 Å². The van der Waals surface area contributed by atoms with Crippen molar-refractivity contribution in [2.45, 2.75) is 33.7 Å². The fourth-order valence-corrected chi connectivity index (χ4v) is 2.43. The van der Waals surface area contributed by atoms with E-state index >= 15 is 0 Å². The fourth-order valence-electron chi connectivity index (χ4n) is 1.48. The Bertz CT molecular complexity index is 470. The minimum absolute atomic E-state index is 0.625. The first-order valence-corrected chi connectivity index (χ1v) is 6.63. The Morgan fingerprint density at radius 2 is 2.18 bits per heavy atom. The molecule has 2 heterocycles. The average Bonchev–Trinajstić information content (AvgIpc) is 2.88. The summed E-state index contributed by atoms with van der Waals surface area (Å²) in [5.74, 6) is 1.27. The molecule has 0 aliphatic rings. The molecule has 0 saturated heterocycles. The molecule has 0 unspecified atom stereocenters. The summed E-state index contributed by atoms with van der Waals surface area (Å²) in [6.45, 7) is 7.93. The molecular weight excluding hydrogens is 234 g/mol. The number of nitrogens with one attached hydrogen (secondary N) is 1. The van der Waals surface area contributed by atoms with E-state index in [1.807, 2.05) is 0 Å². The van der Waals surface area contributed by atoms with Crippen molar-refractivity contribution in [3.05, 3.63) is 22.4 Å². The van der Waals surface area contributed by atoms with Crippen molar-refractivity contribution in [3.8, 4) is 10.8 Å². The van der Waals surface area contributed by atoms with E-state index < -0.39 is 0 Å². The standard InChI is InChI=1S/C12H17N3OS/c1-4-5-13-7-11-14-15-12(16-11)10-6-8(2)9(3)17-10/h6,13H,4-5,7H2,1-3H3. The van der Waals surface area contributed by atoms with Gasteiger partial charge >= 0.3 is 0 Å². The molecule has 1 N–H and O–H groups in total. The highest BCUT2D eigenvalue weighted by Gasteiger charge is 2.11. The Labute approximate surface area is 105 Å². The number of aryl methyl sites for hydroxylation is 2. The summed E-state index contributed by atoms with van der Waals surface area (Å²) >= 11 is 1.69. The summed E-state index contributed by atoms with van der Waals surface area (Å²) in [7, 11) is 0. The quantitative estimate of drug-likeness (QED) is 0.830. The van der Waals surface area contributed by atoms with E-state index in [1.54, 1.807) is 11.3 Å². The zero-order valence-electron chi connectivity index (χ0n) is 10.4. The van der Waals surface area contributed by atoms with Gasteiger partial charge in [-0.25, -0.2) is 0 Å². The van der Waals surface area contributed by atoms with Crippen LogP contribution in [0.5, 0.6) is 0 Å². The summed E-state index contributed by atoms with van der Waals surface area (Å²) in [5.41, 5.74) is 1.27. The molecule has 0 aromatic carbocycles. The van der Waals surface area contributed by atoms with Gasteiger partial charge < -0.3 is 9.73 Å². The van der Waals surface area contributed by atoms with Gasteiger partial charge in [0.15, 0.2) is 0 Å². The highest BCUT2D eigenvalue weighted by molar-refractivity contribution is 7.15. The van der Waals surface area contributed by atoms with Gasteiger partial charge in [0.1, 0.15) is 0 Å². The number of hydrogen-bond donors (Lipinski definition) is 1. The maximum atomic E-state index is 5.61. The van der Waals surface area contributed by atoms with Gasteiger partial charge in [0.2, 0.25) is 5.89 Å². The fraction of sp³-hybridized carbons (Fsp3) is 0.500. The van der Waals surface area contributed by atoms with Crippen LogP contribution in [0.4, 0.5) is 0 Å². The second kappa shape index (κ2) is 5.42. The normalized spacial score (nSPS) is 11.0. The first-order chi connectivity index (χ1) is 8.20. The number of aromatic nitrogens is 2. The topological polar surface area (TPSA) is 51.0 Å². The third kappa shape index (κ3) is 2.92. The van der Waals surface area contributed by atoms with E-state index in [2.05, 4.69) is 42.4 Å². The van der Waals surface area contributed by atoms with E-state index in [4.69, 9.17) is 4.42 Å². The van der Waals surface area contributed by atoms with Gasteiger partial charge in [-0.05, 0) is 38.4 Å². The van der Waals surface area contributed by atoms with Crippen molar-refractivity contribution >= 4 is 11.3 Å². The molecule has 2 aromatic rings. The summed E-state index contributed by atoms with van der Waals surface area (Å²) in [6.07, 6.45) is 1.10. The van der Waals surface area contributed by atoms with Gasteiger partial charge in [-0.15, -0.1) is 21.5 Å². The van der Waals surface area contributed by atoms with Gasteiger partial charge in [-0.3, -0.25) is 0 Å². The number of nitrogens with zero attached hydrogens (tertiary/aromatic N) is 2. The molecular formula is C12H17N3OS. The Morgan fingerprint density at radius 3 is 2.82 bits per heavy atom. The average molecular weight is 251 g/mol. The highest BCUT2D eigenvalue weighted by Crippen LogP contribution is 2.29. The zero-order chi connectivity index (χ0) is 12.3. The van der Waals surface area contributed by atoms with Crippen molar-refractivity contribution in [2.75, 3.05) is 6.54 Å². The number of thiophene rings is 1. The van der Waals surface area contributed by atoms with E-state index in [-0.39, 0.29) is 0 Å². The molecule has 2 aromatic heterocycles. The smallest absolute Gasteiger partial charge is 0.257 e. The molecule has 0 aliphatic carbocycles. The molecule has 0 aliphatic heterocycles. The van der Waals surface area contributed by atoms with Gasteiger partial charge in [0.25, 0.3) is 5.89 Å². The zero-order valence-corrected chi connectivity index (χ0v) is 11.2. The Kier molecular flexibility index (Phi) is 3.91. The van der Waals surface area contributed by atoms with Crippen LogP contribution in [0.2, 0.25) is 0 Å². The van der Waals surface area contributed by atoms with Crippen molar-refractivity contribution in [1.82, 2.24) is 15.5 Å². The van der Waals surface area contributed by atoms with Crippen LogP contribution >= 0.6 is 11.3 Å². The third-order valence-corrected chi connectivity index (χ3v) is 3.69. The van der Waals surface area contributed by atoms with Crippen LogP contribution in [0, 0.1) is 13.8 Å². The van der Waals surface area contributed by atoms with Gasteiger partial charge in [0, 0.05) is 4.88 Å². The van der Waals surface area contributed by atoms with Crippen LogP contribution in [0.15, 0.2) is 10.5 Å². The molecule has 17 heavy (non-hydrogen) atoms. The van der Waals surface area contributed by atoms with Gasteiger partial charge in [-0.2, -0.15) is 0 Å². The SMILES string of the molecule is CCCNCc1nnc(-c2cc(C)c(C)s2)o1. The summed E-state index contributed by atoms with van der Waals surface area (Å²) in [6, 6.07) is 2.09. The van der Waals surface area contributed by atoms with Crippen molar-refractivity contribution < 1.29 is 4.42 Å². The van der Waals surface area contributed by atoms with Crippen LogP contribution < -0.4 is 5.32 Å². The van der Waals surface area contributed by atoms with Gasteiger partial charge in [-0.1, -0.05) is 6.92 Å². The second-order valence-corrected chi connectivity index (χ2v) is 5.28. The number of hydrogen-bond acceptors (Lipinski definition) is 5. The number of rotatable bonds is 5. The first-order valence-electron chi connectivity index (χ1n) is 5.81. The predicted octanol–water partition coefficient (Wildman–Crippen LogP) is 2.91. The van der Waals surface area contributed by atoms with E-state index in [9.17, 15) is 0 Å². The van der Waals surface area contributed by atoms with Crippen LogP contribution in [0.1, 0.15) is 29.7 Å². The molecule has 5 heteroatoms. The largest absolute Gasteiger partial charge is 0.419 e. The Morgan fingerprint density at radius 1 is 1.35 bits per heavy atom. The lowest BCUT2D eigenvalue weighted by atomic mass is 10.3. The minimum Gasteiger partial charge on any atom is -0.419 e. The maximum absolute atomic E-state index is 5.61. The lowest BCUT2D eigenvalue weighted by Crippen LogP contribution is -2.13. The molecule has 0 bridgehead atoms. The first kappa shape index (κ1) is 12.3. The van der Waals surface area contributed by atoms with Crippen LogP contribution in [0.25, 0.3) is 10.8 Å². The molecule has 0 amide bonds. The maximum Gasteiger partial charge on any atom is 0.257 e. The summed E-state index contributed by atoms with van der Waals surface area (Å²) in [5, 5.41) is 11.3. The highest BCUT2D eigenvalue weighted by atomic mass is 32.1. The Balaban J connectivity index is 2.07. The Hall–Kier alpha value is -1.20. The third-order valence-electron chi connectivity index (χ3n) is 2.55. The molecule has 0 fully saturated rings. The van der Waals surface area contributed by atoms with Crippen LogP contribution in [-0.4, -0.2) is 16.7 Å². The van der Waals surface area contributed by atoms with Crippen LogP contribution in [0.3, 0.4) is 0 Å². The molecule has 0 atom stereocenters. The molecule has 2 rings (SSSR count). The lowest BCUT2D eigenvalue weighted by Gasteiger charge is -1.96. The molecule has 92 valence electrons. The van der Waals surface area contributed by atoms with Gasteiger partial charge in [0.05, 0.1) is 11.4 Å². The van der Waals surface area contributed by atoms with Crippen molar-refractivity contribution in [3.63, 3.8) is 0 Å². The van der Waals surface area contributed by atoms with E-state index in [0.29, 0.717) is 18.3 Å². The van der Waals surface area contributed by atoms with Crippen molar-refractivity contribution in [2.24, 2.45) is 0 Å². The van der Waals surface area contributed by atoms with E-state index in [0.717, 1.165) is 17.8 Å². The summed E-state index contributed by atoms with van der Waals surface area (Å²) < 4.78 is 5.61. The predicted molar refractivity (Wildman–Crippen MR) is 69.1 cm³/mol. The summed E-state index contributed by atoms with van der Waals surface area (Å²) in [4.78, 5) is 2.35. The van der Waals surface area contributed by atoms with Crippen LogP contribution in [-0.2, 0) is 6.54 Å². The lowest BCUT2D eigenvalue weighted by molar-refractivity contribution is 0.478. The second-order valence-electron chi connectivity index (χ2n) is 4.03. The molecule has 4 nitrogen and oxygen atoms in total. The molecule has 0 radical (unpaired) electrons. The molecule has 0 saturated carbocycles. The minimum atomic E-state index is 0.625. The monoisotopic (exact) mass is 251 g/mol. The molecule has 0 spiro atoms.